The van der Waals surface area contributed by atoms with Crippen LogP contribution in [0.3, 0.4) is 0 Å². The summed E-state index contributed by atoms with van der Waals surface area (Å²) in [6.45, 7) is 20.5. The quantitative estimate of drug-likeness (QED) is 0.160. The van der Waals surface area contributed by atoms with Crippen molar-refractivity contribution in [3.63, 3.8) is 0 Å². The minimum Gasteiger partial charge on any atom is -0.338 e. The molecule has 0 saturated heterocycles. The van der Waals surface area contributed by atoms with Gasteiger partial charge in [-0.15, -0.1) is 45.3 Å². The Morgan fingerprint density at radius 1 is 0.838 bits per heavy atom. The summed E-state index contributed by atoms with van der Waals surface area (Å²) >= 11 is 6.48. The first-order valence-electron chi connectivity index (χ1n) is 11.4. The maximum absolute atomic E-state index is 9.76. The van der Waals surface area contributed by atoms with Gasteiger partial charge in [-0.2, -0.15) is 0 Å². The first-order valence-corrected chi connectivity index (χ1v) is 14.8. The Morgan fingerprint density at radius 2 is 1.30 bits per heavy atom. The lowest BCUT2D eigenvalue weighted by Crippen LogP contribution is -2.04. The standard InChI is InChI=1S/C28H13N5S4/c1-12(2)11-33-21-17-13-5-7-34-23(13)19(15(9-29)31-3)25(17)36-27(21)28-22(33)18-14-6-8-35-24(14)20(26(18)37-28)16(10-30)32-4/h5-8,12H,11H2,1-2H3/b19-15-,20-16+. The molecule has 174 valence electrons. The molecule has 2 aliphatic rings. The topological polar surface area (TPSA) is 61.2 Å². The molecule has 5 aromatic rings. The van der Waals surface area contributed by atoms with Gasteiger partial charge in [-0.05, 0) is 28.8 Å². The van der Waals surface area contributed by atoms with Crippen LogP contribution in [0.1, 0.15) is 33.4 Å². The number of fused-ring (bicyclic) bond motifs is 11. The van der Waals surface area contributed by atoms with Crippen LogP contribution in [0.15, 0.2) is 34.3 Å². The monoisotopic (exact) mass is 547 g/mol. The minimum atomic E-state index is 0.135. The van der Waals surface area contributed by atoms with Crippen LogP contribution in [0.25, 0.3) is 63.5 Å². The molecule has 0 radical (unpaired) electrons. The summed E-state index contributed by atoms with van der Waals surface area (Å²) in [6, 6.07) is 8.47. The summed E-state index contributed by atoms with van der Waals surface area (Å²) in [5.74, 6) is 0.387. The van der Waals surface area contributed by atoms with E-state index in [9.17, 15) is 10.5 Å². The molecule has 9 heteroatoms. The predicted molar refractivity (Wildman–Crippen MR) is 153 cm³/mol. The van der Waals surface area contributed by atoms with Gasteiger partial charge >= 0.3 is 0 Å². The first-order chi connectivity index (χ1) is 18.0. The summed E-state index contributed by atoms with van der Waals surface area (Å²) < 4.78 is 4.71. The van der Waals surface area contributed by atoms with E-state index >= 15 is 0 Å². The van der Waals surface area contributed by atoms with Gasteiger partial charge < -0.3 is 4.57 Å². The van der Waals surface area contributed by atoms with Gasteiger partial charge in [0.2, 0.25) is 0 Å². The van der Waals surface area contributed by atoms with Crippen LogP contribution in [-0.4, -0.2) is 4.57 Å². The van der Waals surface area contributed by atoms with Crippen LogP contribution < -0.4 is 0 Å². The van der Waals surface area contributed by atoms with Crippen molar-refractivity contribution in [2.24, 2.45) is 5.92 Å². The van der Waals surface area contributed by atoms with E-state index in [1.807, 2.05) is 10.8 Å². The number of allylic oxidation sites excluding steroid dienone is 2. The third kappa shape index (κ3) is 2.67. The van der Waals surface area contributed by atoms with Crippen LogP contribution in [0.5, 0.6) is 0 Å². The lowest BCUT2D eigenvalue weighted by molar-refractivity contribution is 0.546. The molecule has 0 spiro atoms. The molecular formula is C28H13N5S4. The molecule has 0 bridgehead atoms. The maximum atomic E-state index is 9.76. The van der Waals surface area contributed by atoms with E-state index in [0.29, 0.717) is 5.92 Å². The van der Waals surface area contributed by atoms with E-state index in [4.69, 9.17) is 13.1 Å². The number of nitriles is 2. The number of hydrogen-bond acceptors (Lipinski definition) is 6. The van der Waals surface area contributed by atoms with Crippen LogP contribution in [0.2, 0.25) is 0 Å². The summed E-state index contributed by atoms with van der Waals surface area (Å²) in [4.78, 5) is 11.2. The number of thiophene rings is 4. The van der Waals surface area contributed by atoms with Gasteiger partial charge in [-0.1, -0.05) is 13.8 Å². The van der Waals surface area contributed by atoms with E-state index in [2.05, 4.69) is 52.4 Å². The molecule has 0 N–H and O–H groups in total. The minimum absolute atomic E-state index is 0.135. The molecule has 7 rings (SSSR count). The number of rotatable bonds is 2. The van der Waals surface area contributed by atoms with Crippen molar-refractivity contribution in [1.29, 1.82) is 10.5 Å². The van der Waals surface area contributed by atoms with Gasteiger partial charge in [0.1, 0.15) is 0 Å². The summed E-state index contributed by atoms with van der Waals surface area (Å²) in [7, 11) is 0. The molecule has 37 heavy (non-hydrogen) atoms. The van der Waals surface area contributed by atoms with Crippen molar-refractivity contribution in [2.75, 3.05) is 0 Å². The SMILES string of the molecule is [C-]#[N+]/C(C#N)=C1/c2sccc2-c2c1sc1c3sc4c(c3n(CC(C)C)c21)-c1ccsc1/C4=C(/C#N)[N+]#[C-]. The third-order valence-electron chi connectivity index (χ3n) is 6.75. The van der Waals surface area contributed by atoms with Gasteiger partial charge in [0.15, 0.2) is 0 Å². The molecular weight excluding hydrogens is 535 g/mol. The smallest absolute Gasteiger partial charge is 0.271 e. The van der Waals surface area contributed by atoms with Gasteiger partial charge in [0.05, 0.1) is 45.7 Å². The Kier molecular flexibility index (Phi) is 4.67. The van der Waals surface area contributed by atoms with Crippen LogP contribution >= 0.6 is 45.3 Å². The number of aromatic nitrogens is 1. The van der Waals surface area contributed by atoms with E-state index in [1.54, 1.807) is 45.3 Å². The summed E-state index contributed by atoms with van der Waals surface area (Å²) in [5, 5.41) is 23.6. The number of hydrogen-bond donors (Lipinski definition) is 0. The Hall–Kier alpha value is -3.96. The second-order valence-electron chi connectivity index (χ2n) is 9.19. The normalized spacial score (nSPS) is 15.6. The zero-order valence-corrected chi connectivity index (χ0v) is 22.7. The average Bonchev–Trinajstić information content (AvgIpc) is 3.69. The fraction of sp³-hybridized carbons (Fsp3) is 0.143. The van der Waals surface area contributed by atoms with Crippen LogP contribution in [0.4, 0.5) is 0 Å². The van der Waals surface area contributed by atoms with E-state index in [1.165, 1.54) is 0 Å². The maximum Gasteiger partial charge on any atom is 0.271 e. The molecule has 0 saturated carbocycles. The zero-order chi connectivity index (χ0) is 25.6. The van der Waals surface area contributed by atoms with Crippen molar-refractivity contribution in [1.82, 2.24) is 4.57 Å². The van der Waals surface area contributed by atoms with Gasteiger partial charge in [0.25, 0.3) is 11.4 Å². The lowest BCUT2D eigenvalue weighted by atomic mass is 10.1. The lowest BCUT2D eigenvalue weighted by Gasteiger charge is -2.12. The van der Waals surface area contributed by atoms with Crippen molar-refractivity contribution in [2.45, 2.75) is 20.4 Å². The fourth-order valence-corrected chi connectivity index (χ4v) is 10.4. The van der Waals surface area contributed by atoms with Crippen molar-refractivity contribution in [3.8, 4) is 34.4 Å². The Bertz CT molecular complexity index is 1910. The molecule has 0 amide bonds. The largest absolute Gasteiger partial charge is 0.338 e. The molecule has 0 unspecified atom stereocenters. The molecule has 0 atom stereocenters. The van der Waals surface area contributed by atoms with E-state index in [0.717, 1.165) is 79.9 Å². The number of nitrogens with zero attached hydrogens (tertiary/aromatic N) is 5. The Labute approximate surface area is 228 Å². The van der Waals surface area contributed by atoms with Gasteiger partial charge in [0, 0.05) is 59.5 Å². The zero-order valence-electron chi connectivity index (χ0n) is 19.5. The molecule has 5 aromatic heterocycles. The van der Waals surface area contributed by atoms with Gasteiger partial charge in [-0.25, -0.2) is 20.2 Å². The van der Waals surface area contributed by atoms with E-state index in [-0.39, 0.29) is 11.4 Å². The summed E-state index contributed by atoms with van der Waals surface area (Å²) in [5.41, 5.74) is 8.55. The second-order valence-corrected chi connectivity index (χ2v) is 13.1. The highest BCUT2D eigenvalue weighted by Crippen LogP contribution is 2.61. The molecule has 2 aliphatic carbocycles. The molecule has 5 nitrogen and oxygen atoms in total. The highest BCUT2D eigenvalue weighted by Gasteiger charge is 2.38. The molecule has 0 fully saturated rings. The van der Waals surface area contributed by atoms with E-state index < -0.39 is 0 Å². The van der Waals surface area contributed by atoms with Gasteiger partial charge in [-0.3, -0.25) is 0 Å². The molecule has 0 aromatic carbocycles. The Morgan fingerprint density at radius 3 is 1.68 bits per heavy atom. The highest BCUT2D eigenvalue weighted by atomic mass is 32.1. The first kappa shape index (κ1) is 22.3. The molecule has 5 heterocycles. The predicted octanol–water partition coefficient (Wildman–Crippen LogP) is 9.06. The highest BCUT2D eigenvalue weighted by molar-refractivity contribution is 7.30. The van der Waals surface area contributed by atoms with Crippen molar-refractivity contribution in [3.05, 3.63) is 76.6 Å². The average molecular weight is 548 g/mol. The van der Waals surface area contributed by atoms with Crippen molar-refractivity contribution < 1.29 is 0 Å². The summed E-state index contributed by atoms with van der Waals surface area (Å²) in [6.07, 6.45) is 0. The Balaban J connectivity index is 1.67. The third-order valence-corrected chi connectivity index (χ3v) is 11.2. The second kappa shape index (κ2) is 7.77. The fourth-order valence-electron chi connectivity index (χ4n) is 5.49. The van der Waals surface area contributed by atoms with Crippen LogP contribution in [0, 0.1) is 41.7 Å². The molecule has 0 aliphatic heterocycles. The van der Waals surface area contributed by atoms with Crippen LogP contribution in [-0.2, 0) is 6.54 Å². The van der Waals surface area contributed by atoms with Crippen molar-refractivity contribution >= 4 is 76.9 Å².